The summed E-state index contributed by atoms with van der Waals surface area (Å²) >= 11 is 1.25. The number of morpholine rings is 1. The number of ether oxygens (including phenoxy) is 1. The van der Waals surface area contributed by atoms with Crippen molar-refractivity contribution in [2.45, 2.75) is 43.5 Å². The molecule has 248 valence electrons. The standard InChI is InChI=1S/C34H35F4N5O3S/c1-2-30-32(45)39-33(47-23-25-5-13-29(35)14-6-25)43(40-30)22-31(44)42(16-15-41-17-19-46-20-18-41)21-24-3-7-26(8-4-24)27-9-11-28(12-10-27)34(36,37)38/h3-14H,2,15-23H2,1H3. The SMILES string of the molecule is CCc1nn(CC(=O)N(CCN2CCOCC2)Cc2ccc(-c3ccc(C(F)(F)F)cc3)cc2)c(SCc2ccc(F)cc2)nc1=O. The Hall–Kier alpha value is -4.07. The zero-order valence-corrected chi connectivity index (χ0v) is 26.7. The lowest BCUT2D eigenvalue weighted by atomic mass is 10.0. The highest BCUT2D eigenvalue weighted by Crippen LogP contribution is 2.31. The number of carbonyl (C=O) groups is 1. The molecule has 4 aromatic rings. The van der Waals surface area contributed by atoms with Gasteiger partial charge in [0.15, 0.2) is 5.16 Å². The Balaban J connectivity index is 1.34. The van der Waals surface area contributed by atoms with Gasteiger partial charge in [0, 0.05) is 38.5 Å². The fraction of sp³-hybridized carbons (Fsp3) is 0.353. The molecule has 0 spiro atoms. The first-order valence-corrected chi connectivity index (χ1v) is 16.3. The summed E-state index contributed by atoms with van der Waals surface area (Å²) in [5.74, 6) is -0.159. The van der Waals surface area contributed by atoms with Crippen LogP contribution in [0, 0.1) is 5.82 Å². The highest BCUT2D eigenvalue weighted by Gasteiger charge is 2.30. The molecular formula is C34H35F4N5O3S. The van der Waals surface area contributed by atoms with E-state index in [1.54, 1.807) is 24.0 Å². The second-order valence-electron chi connectivity index (χ2n) is 11.1. The van der Waals surface area contributed by atoms with Gasteiger partial charge in [-0.3, -0.25) is 14.5 Å². The molecule has 1 saturated heterocycles. The number of aryl methyl sites for hydroxylation is 1. The number of benzene rings is 3. The summed E-state index contributed by atoms with van der Waals surface area (Å²) in [5.41, 5.74) is 2.18. The number of amides is 1. The van der Waals surface area contributed by atoms with Crippen LogP contribution in [0.4, 0.5) is 17.6 Å². The van der Waals surface area contributed by atoms with Crippen molar-refractivity contribution in [3.63, 3.8) is 0 Å². The smallest absolute Gasteiger partial charge is 0.379 e. The predicted octanol–water partition coefficient (Wildman–Crippen LogP) is 5.68. The fourth-order valence-corrected chi connectivity index (χ4v) is 5.97. The zero-order valence-electron chi connectivity index (χ0n) is 25.9. The number of rotatable bonds is 12. The van der Waals surface area contributed by atoms with E-state index in [1.165, 1.54) is 40.7 Å². The van der Waals surface area contributed by atoms with Crippen molar-refractivity contribution in [2.75, 3.05) is 39.4 Å². The van der Waals surface area contributed by atoms with Gasteiger partial charge in [-0.1, -0.05) is 67.2 Å². The van der Waals surface area contributed by atoms with Crippen LogP contribution in [0.1, 0.15) is 29.3 Å². The second kappa shape index (κ2) is 15.7. The van der Waals surface area contributed by atoms with E-state index >= 15 is 0 Å². The van der Waals surface area contributed by atoms with E-state index in [9.17, 15) is 27.2 Å². The highest BCUT2D eigenvalue weighted by atomic mass is 32.2. The number of hydrogen-bond acceptors (Lipinski definition) is 7. The number of thioether (sulfide) groups is 1. The molecule has 0 unspecified atom stereocenters. The summed E-state index contributed by atoms with van der Waals surface area (Å²) in [6, 6.07) is 18.4. The maximum absolute atomic E-state index is 13.9. The fourth-order valence-electron chi connectivity index (χ4n) is 5.08. The first kappa shape index (κ1) is 34.3. The molecule has 47 heavy (non-hydrogen) atoms. The van der Waals surface area contributed by atoms with Crippen molar-refractivity contribution in [1.82, 2.24) is 24.6 Å². The van der Waals surface area contributed by atoms with E-state index in [-0.39, 0.29) is 24.0 Å². The number of carbonyl (C=O) groups excluding carboxylic acids is 1. The number of aromatic nitrogens is 3. The van der Waals surface area contributed by atoms with Gasteiger partial charge in [0.05, 0.1) is 18.8 Å². The summed E-state index contributed by atoms with van der Waals surface area (Å²) < 4.78 is 59.3. The zero-order chi connectivity index (χ0) is 33.4. The monoisotopic (exact) mass is 669 g/mol. The third-order valence-electron chi connectivity index (χ3n) is 7.82. The number of alkyl halides is 3. The van der Waals surface area contributed by atoms with Crippen molar-refractivity contribution in [2.24, 2.45) is 0 Å². The Kier molecular flexibility index (Phi) is 11.4. The molecule has 5 rings (SSSR count). The Labute approximate surface area is 274 Å². The van der Waals surface area contributed by atoms with E-state index in [4.69, 9.17) is 4.74 Å². The van der Waals surface area contributed by atoms with Gasteiger partial charge in [-0.25, -0.2) is 9.07 Å². The number of nitrogens with zero attached hydrogens (tertiary/aromatic N) is 5. The van der Waals surface area contributed by atoms with Crippen molar-refractivity contribution in [3.05, 3.63) is 111 Å². The van der Waals surface area contributed by atoms with Crippen LogP contribution >= 0.6 is 11.8 Å². The molecule has 1 amide bonds. The largest absolute Gasteiger partial charge is 0.416 e. The summed E-state index contributed by atoms with van der Waals surface area (Å²) in [5, 5.41) is 4.77. The van der Waals surface area contributed by atoms with Crippen LogP contribution in [0.5, 0.6) is 0 Å². The van der Waals surface area contributed by atoms with Gasteiger partial charge in [0.1, 0.15) is 18.1 Å². The van der Waals surface area contributed by atoms with E-state index < -0.39 is 17.3 Å². The van der Waals surface area contributed by atoms with Crippen LogP contribution in [0.15, 0.2) is 82.7 Å². The number of hydrogen-bond donors (Lipinski definition) is 0. The Morgan fingerprint density at radius 2 is 1.55 bits per heavy atom. The maximum atomic E-state index is 13.9. The van der Waals surface area contributed by atoms with Gasteiger partial charge in [-0.05, 0) is 52.9 Å². The molecule has 2 heterocycles. The molecule has 3 aromatic carbocycles. The summed E-state index contributed by atoms with van der Waals surface area (Å²) in [6.07, 6.45) is -4.05. The van der Waals surface area contributed by atoms with Gasteiger partial charge in [0.25, 0.3) is 5.56 Å². The highest BCUT2D eigenvalue weighted by molar-refractivity contribution is 7.98. The van der Waals surface area contributed by atoms with Gasteiger partial charge in [0.2, 0.25) is 5.91 Å². The molecule has 1 aliphatic heterocycles. The Bertz CT molecular complexity index is 1690. The van der Waals surface area contributed by atoms with E-state index in [2.05, 4.69) is 15.0 Å². The molecule has 8 nitrogen and oxygen atoms in total. The summed E-state index contributed by atoms with van der Waals surface area (Å²) in [4.78, 5) is 34.7. The molecule has 0 bridgehead atoms. The minimum Gasteiger partial charge on any atom is -0.379 e. The Morgan fingerprint density at radius 1 is 0.936 bits per heavy atom. The molecule has 1 fully saturated rings. The average Bonchev–Trinajstić information content (AvgIpc) is 3.07. The first-order valence-electron chi connectivity index (χ1n) is 15.3. The quantitative estimate of drug-likeness (QED) is 0.142. The van der Waals surface area contributed by atoms with Crippen molar-refractivity contribution >= 4 is 17.7 Å². The normalized spacial score (nSPS) is 13.9. The lowest BCUT2D eigenvalue weighted by Crippen LogP contribution is -2.44. The lowest BCUT2D eigenvalue weighted by molar-refractivity contribution is -0.137. The lowest BCUT2D eigenvalue weighted by Gasteiger charge is -2.30. The van der Waals surface area contributed by atoms with Gasteiger partial charge < -0.3 is 9.64 Å². The van der Waals surface area contributed by atoms with Gasteiger partial charge in [-0.2, -0.15) is 23.3 Å². The molecule has 0 atom stereocenters. The van der Waals surface area contributed by atoms with Crippen LogP contribution in [-0.4, -0.2) is 69.9 Å². The van der Waals surface area contributed by atoms with E-state index in [1.807, 2.05) is 24.3 Å². The van der Waals surface area contributed by atoms with Crippen LogP contribution in [-0.2, 0) is 41.0 Å². The van der Waals surface area contributed by atoms with Crippen LogP contribution in [0.2, 0.25) is 0 Å². The molecule has 0 saturated carbocycles. The Morgan fingerprint density at radius 3 is 2.17 bits per heavy atom. The molecule has 1 aliphatic rings. The third kappa shape index (κ3) is 9.49. The van der Waals surface area contributed by atoms with Gasteiger partial charge in [-0.15, -0.1) is 0 Å². The maximum Gasteiger partial charge on any atom is 0.416 e. The molecule has 13 heteroatoms. The molecule has 0 aliphatic carbocycles. The topological polar surface area (TPSA) is 80.6 Å². The summed E-state index contributed by atoms with van der Waals surface area (Å²) in [6.45, 7) is 5.81. The third-order valence-corrected chi connectivity index (χ3v) is 8.86. The second-order valence-corrected chi connectivity index (χ2v) is 12.1. The first-order chi connectivity index (χ1) is 22.6. The van der Waals surface area contributed by atoms with Gasteiger partial charge >= 0.3 is 6.18 Å². The minimum absolute atomic E-state index is 0.140. The average molecular weight is 670 g/mol. The van der Waals surface area contributed by atoms with E-state index in [0.29, 0.717) is 55.7 Å². The van der Waals surface area contributed by atoms with Crippen LogP contribution in [0.25, 0.3) is 11.1 Å². The van der Waals surface area contributed by atoms with Crippen molar-refractivity contribution in [1.29, 1.82) is 0 Å². The molecule has 0 N–H and O–H groups in total. The van der Waals surface area contributed by atoms with Crippen molar-refractivity contribution < 1.29 is 27.1 Å². The summed E-state index contributed by atoms with van der Waals surface area (Å²) in [7, 11) is 0. The molecular weight excluding hydrogens is 634 g/mol. The van der Waals surface area contributed by atoms with Crippen molar-refractivity contribution in [3.8, 4) is 11.1 Å². The molecule has 0 radical (unpaired) electrons. The van der Waals surface area contributed by atoms with Crippen LogP contribution < -0.4 is 5.56 Å². The molecule has 1 aromatic heterocycles. The predicted molar refractivity (Wildman–Crippen MR) is 171 cm³/mol. The van der Waals surface area contributed by atoms with Crippen LogP contribution in [0.3, 0.4) is 0 Å². The minimum atomic E-state index is -4.40. The van der Waals surface area contributed by atoms with E-state index in [0.717, 1.165) is 41.9 Å². The number of halogens is 4.